The summed E-state index contributed by atoms with van der Waals surface area (Å²) in [7, 11) is 0. The molecule has 0 atom stereocenters. The summed E-state index contributed by atoms with van der Waals surface area (Å²) in [6.45, 7) is 4.64. The van der Waals surface area contributed by atoms with Crippen molar-refractivity contribution in [2.24, 2.45) is 10.9 Å². The maximum absolute atomic E-state index is 8.67. The Morgan fingerprint density at radius 1 is 1.50 bits per heavy atom. The largest absolute Gasteiger partial charge is 0.421 e. The van der Waals surface area contributed by atoms with E-state index < -0.39 is 0 Å². The Balaban J connectivity index is 2.21. The van der Waals surface area contributed by atoms with E-state index in [-0.39, 0.29) is 11.8 Å². The summed E-state index contributed by atoms with van der Waals surface area (Å²) in [5, 5.41) is 15.7. The molecule has 0 aliphatic carbocycles. The molecular weight excluding hydrogens is 260 g/mol. The Kier molecular flexibility index (Phi) is 4.14. The molecule has 0 aromatic carbocycles. The Hall–Kier alpha value is -2.64. The van der Waals surface area contributed by atoms with E-state index in [2.05, 4.69) is 27.1 Å². The minimum atomic E-state index is -0.0953. The molecule has 2 aromatic heterocycles. The van der Waals surface area contributed by atoms with Crippen LogP contribution in [0.2, 0.25) is 0 Å². The average molecular weight is 276 g/mol. The third-order valence-electron chi connectivity index (χ3n) is 2.48. The second kappa shape index (κ2) is 6.00. The fourth-order valence-electron chi connectivity index (χ4n) is 1.62. The first-order valence-corrected chi connectivity index (χ1v) is 6.16. The van der Waals surface area contributed by atoms with Gasteiger partial charge in [-0.25, -0.2) is 4.98 Å². The number of oxime groups is 1. The second-order valence-electron chi connectivity index (χ2n) is 4.20. The smallest absolute Gasteiger partial charge is 0.322 e. The van der Waals surface area contributed by atoms with Crippen molar-refractivity contribution in [1.82, 2.24) is 19.7 Å². The lowest BCUT2D eigenvalue weighted by atomic mass is 10.3. The van der Waals surface area contributed by atoms with Crippen LogP contribution in [0.4, 0.5) is 0 Å². The molecule has 0 bridgehead atoms. The van der Waals surface area contributed by atoms with Gasteiger partial charge in [-0.2, -0.15) is 10.1 Å². The molecule has 0 spiro atoms. The average Bonchev–Trinajstić information content (AvgIpc) is 2.85. The number of hydrogen-bond donors (Lipinski definition) is 2. The molecule has 3 N–H and O–H groups in total. The maximum atomic E-state index is 8.67. The van der Waals surface area contributed by atoms with Crippen molar-refractivity contribution in [1.29, 1.82) is 0 Å². The molecule has 0 amide bonds. The first-order valence-electron chi connectivity index (χ1n) is 6.16. The monoisotopic (exact) mass is 276 g/mol. The van der Waals surface area contributed by atoms with Gasteiger partial charge in [-0.05, 0) is 19.4 Å². The second-order valence-corrected chi connectivity index (χ2v) is 4.20. The predicted octanol–water partition coefficient (Wildman–Crippen LogP) is 1.28. The van der Waals surface area contributed by atoms with Gasteiger partial charge in [-0.15, -0.1) is 0 Å². The lowest BCUT2D eigenvalue weighted by Gasteiger charge is -2.04. The van der Waals surface area contributed by atoms with Crippen LogP contribution in [0.25, 0.3) is 0 Å². The highest BCUT2D eigenvalue weighted by atomic mass is 16.5. The van der Waals surface area contributed by atoms with Crippen LogP contribution in [-0.2, 0) is 6.54 Å². The van der Waals surface area contributed by atoms with Gasteiger partial charge in [-0.3, -0.25) is 4.68 Å². The quantitative estimate of drug-likeness (QED) is 0.368. The van der Waals surface area contributed by atoms with Crippen LogP contribution in [0.5, 0.6) is 11.8 Å². The summed E-state index contributed by atoms with van der Waals surface area (Å²) in [4.78, 5) is 8.21. The van der Waals surface area contributed by atoms with Crippen molar-refractivity contribution in [3.05, 3.63) is 29.8 Å². The minimum absolute atomic E-state index is 0.0953. The molecule has 0 aliphatic rings. The SMILES string of the molecule is CCCn1cc(Oc2nc(C)cc(/C(N)=N/O)n2)cn1. The number of nitrogens with zero attached hydrogens (tertiary/aromatic N) is 5. The van der Waals surface area contributed by atoms with Gasteiger partial charge in [0.05, 0.1) is 12.4 Å². The van der Waals surface area contributed by atoms with Gasteiger partial charge in [0, 0.05) is 12.2 Å². The Labute approximate surface area is 115 Å². The third-order valence-corrected chi connectivity index (χ3v) is 2.48. The lowest BCUT2D eigenvalue weighted by molar-refractivity contribution is 0.318. The molecule has 0 saturated heterocycles. The first-order chi connectivity index (χ1) is 9.62. The van der Waals surface area contributed by atoms with Gasteiger partial charge >= 0.3 is 6.01 Å². The molecule has 8 heteroatoms. The van der Waals surface area contributed by atoms with Crippen LogP contribution in [-0.4, -0.2) is 30.8 Å². The van der Waals surface area contributed by atoms with Crippen LogP contribution < -0.4 is 10.5 Å². The number of amidine groups is 1. The Morgan fingerprint density at radius 2 is 2.30 bits per heavy atom. The zero-order valence-electron chi connectivity index (χ0n) is 11.3. The zero-order valence-corrected chi connectivity index (χ0v) is 11.3. The first kappa shape index (κ1) is 13.8. The van der Waals surface area contributed by atoms with E-state index in [4.69, 9.17) is 15.7 Å². The molecule has 2 rings (SSSR count). The number of hydrogen-bond acceptors (Lipinski definition) is 6. The Morgan fingerprint density at radius 3 is 3.00 bits per heavy atom. The van der Waals surface area contributed by atoms with Gasteiger partial charge < -0.3 is 15.7 Å². The summed E-state index contributed by atoms with van der Waals surface area (Å²) >= 11 is 0. The number of nitrogens with two attached hydrogens (primary N) is 1. The normalized spacial score (nSPS) is 11.6. The number of ether oxygens (including phenoxy) is 1. The summed E-state index contributed by atoms with van der Waals surface area (Å²) < 4.78 is 7.30. The third kappa shape index (κ3) is 3.22. The van der Waals surface area contributed by atoms with Crippen molar-refractivity contribution in [2.75, 3.05) is 0 Å². The molecular formula is C12H16N6O2. The van der Waals surface area contributed by atoms with E-state index in [0.717, 1.165) is 13.0 Å². The van der Waals surface area contributed by atoms with Crippen molar-refractivity contribution in [3.8, 4) is 11.8 Å². The van der Waals surface area contributed by atoms with Crippen molar-refractivity contribution in [2.45, 2.75) is 26.8 Å². The van der Waals surface area contributed by atoms with Gasteiger partial charge in [0.1, 0.15) is 5.69 Å². The molecule has 2 heterocycles. The molecule has 0 unspecified atom stereocenters. The van der Waals surface area contributed by atoms with Gasteiger partial charge in [0.25, 0.3) is 0 Å². The highest BCUT2D eigenvalue weighted by Crippen LogP contribution is 2.17. The minimum Gasteiger partial charge on any atom is -0.421 e. The van der Waals surface area contributed by atoms with E-state index in [0.29, 0.717) is 17.1 Å². The van der Waals surface area contributed by atoms with E-state index in [1.165, 1.54) is 0 Å². The molecule has 106 valence electrons. The van der Waals surface area contributed by atoms with Crippen LogP contribution in [0.15, 0.2) is 23.6 Å². The fourth-order valence-corrected chi connectivity index (χ4v) is 1.62. The van der Waals surface area contributed by atoms with E-state index in [9.17, 15) is 0 Å². The van der Waals surface area contributed by atoms with Gasteiger partial charge in [0.2, 0.25) is 0 Å². The topological polar surface area (TPSA) is 111 Å². The maximum Gasteiger partial charge on any atom is 0.322 e. The lowest BCUT2D eigenvalue weighted by Crippen LogP contribution is -2.16. The Bertz CT molecular complexity index is 622. The molecule has 0 aliphatic heterocycles. The summed E-state index contributed by atoms with van der Waals surface area (Å²) in [6, 6.07) is 1.73. The number of aromatic nitrogens is 4. The summed E-state index contributed by atoms with van der Waals surface area (Å²) in [6.07, 6.45) is 4.33. The van der Waals surface area contributed by atoms with E-state index in [1.807, 2.05) is 0 Å². The number of rotatable bonds is 5. The molecule has 0 saturated carbocycles. The molecule has 0 radical (unpaired) electrons. The van der Waals surface area contributed by atoms with Crippen LogP contribution in [0, 0.1) is 6.92 Å². The van der Waals surface area contributed by atoms with Crippen LogP contribution >= 0.6 is 0 Å². The highest BCUT2D eigenvalue weighted by Gasteiger charge is 2.09. The van der Waals surface area contributed by atoms with E-state index >= 15 is 0 Å². The van der Waals surface area contributed by atoms with Crippen molar-refractivity contribution < 1.29 is 9.94 Å². The van der Waals surface area contributed by atoms with E-state index in [1.54, 1.807) is 30.1 Å². The van der Waals surface area contributed by atoms with Gasteiger partial charge in [0.15, 0.2) is 11.6 Å². The van der Waals surface area contributed by atoms with Crippen LogP contribution in [0.1, 0.15) is 24.7 Å². The predicted molar refractivity (Wildman–Crippen MR) is 71.9 cm³/mol. The standard InChI is InChI=1S/C12H16N6O2/c1-3-4-18-7-9(6-14-18)20-12-15-8(2)5-10(16-12)11(13)17-19/h5-7,19H,3-4H2,1-2H3,(H2,13,17). The molecule has 0 fully saturated rings. The highest BCUT2D eigenvalue weighted by molar-refractivity contribution is 5.95. The molecule has 2 aromatic rings. The fraction of sp³-hybridized carbons (Fsp3) is 0.333. The number of aryl methyl sites for hydroxylation is 2. The summed E-state index contributed by atoms with van der Waals surface area (Å²) in [5.74, 6) is 0.441. The molecule has 20 heavy (non-hydrogen) atoms. The van der Waals surface area contributed by atoms with Crippen molar-refractivity contribution in [3.63, 3.8) is 0 Å². The zero-order chi connectivity index (χ0) is 14.5. The summed E-state index contributed by atoms with van der Waals surface area (Å²) in [5.41, 5.74) is 6.46. The van der Waals surface area contributed by atoms with Crippen LogP contribution in [0.3, 0.4) is 0 Å². The van der Waals surface area contributed by atoms with Crippen molar-refractivity contribution >= 4 is 5.84 Å². The molecule has 8 nitrogen and oxygen atoms in total. The van der Waals surface area contributed by atoms with Gasteiger partial charge in [-0.1, -0.05) is 12.1 Å².